The van der Waals surface area contributed by atoms with Gasteiger partial charge in [0.15, 0.2) is 0 Å². The summed E-state index contributed by atoms with van der Waals surface area (Å²) in [6.45, 7) is 8.73. The predicted octanol–water partition coefficient (Wildman–Crippen LogP) is 3.90. The van der Waals surface area contributed by atoms with Gasteiger partial charge in [0.2, 0.25) is 0 Å². The maximum Gasteiger partial charge on any atom is 0.252 e. The van der Waals surface area contributed by atoms with Gasteiger partial charge in [-0.3, -0.25) is 4.79 Å². The minimum atomic E-state index is -0.0452. The summed E-state index contributed by atoms with van der Waals surface area (Å²) in [5.74, 6) is -0.0452. The number of rotatable bonds is 2. The smallest absolute Gasteiger partial charge is 0.252 e. The average molecular weight is 328 g/mol. The molecule has 0 spiro atoms. The van der Waals surface area contributed by atoms with E-state index in [0.717, 1.165) is 4.47 Å². The van der Waals surface area contributed by atoms with Crippen molar-refractivity contribution in [1.29, 1.82) is 0 Å². The Balaban J connectivity index is 2.15. The molecule has 4 heteroatoms. The van der Waals surface area contributed by atoms with E-state index in [0.29, 0.717) is 10.5 Å². The normalized spacial score (nSPS) is 20.6. The number of amides is 1. The lowest BCUT2D eigenvalue weighted by molar-refractivity contribution is 0.0940. The summed E-state index contributed by atoms with van der Waals surface area (Å²) in [5.41, 5.74) is 0.920. The number of halogens is 1. The molecule has 1 aromatic carbocycles. The molecule has 1 fully saturated rings. The molecule has 0 aliphatic heterocycles. The Labute approximate surface area is 122 Å². The highest BCUT2D eigenvalue weighted by Gasteiger charge is 2.65. The molecule has 1 aliphatic rings. The first-order valence-electron chi connectivity index (χ1n) is 5.97. The van der Waals surface area contributed by atoms with Crippen molar-refractivity contribution in [3.63, 3.8) is 0 Å². The zero-order valence-corrected chi connectivity index (χ0v) is 13.5. The van der Waals surface area contributed by atoms with E-state index in [4.69, 9.17) is 0 Å². The lowest BCUT2D eigenvalue weighted by Gasteiger charge is -2.09. The van der Waals surface area contributed by atoms with Gasteiger partial charge in [-0.05, 0) is 29.0 Å². The van der Waals surface area contributed by atoms with Crippen molar-refractivity contribution < 1.29 is 4.79 Å². The Morgan fingerprint density at radius 1 is 1.28 bits per heavy atom. The molecule has 0 radical (unpaired) electrons. The van der Waals surface area contributed by atoms with E-state index in [-0.39, 0.29) is 22.8 Å². The Kier molecular flexibility index (Phi) is 3.31. The highest BCUT2D eigenvalue weighted by molar-refractivity contribution is 9.10. The molecule has 1 saturated carbocycles. The van der Waals surface area contributed by atoms with Gasteiger partial charge >= 0.3 is 0 Å². The maximum absolute atomic E-state index is 12.2. The highest BCUT2D eigenvalue weighted by Crippen LogP contribution is 2.62. The standard InChI is InChI=1S/C14H18BrNOS/c1-13(2)12(14(13,3)4)16-11(17)9-6-5-8(15)7-10(9)18/h5-7,12,18H,1-4H3,(H,16,17). The fraction of sp³-hybridized carbons (Fsp3) is 0.500. The van der Waals surface area contributed by atoms with Crippen molar-refractivity contribution in [3.8, 4) is 0 Å². The average Bonchev–Trinajstić information content (AvgIpc) is 2.60. The summed E-state index contributed by atoms with van der Waals surface area (Å²) in [6.07, 6.45) is 0. The van der Waals surface area contributed by atoms with Crippen LogP contribution in [0.25, 0.3) is 0 Å². The Morgan fingerprint density at radius 2 is 1.83 bits per heavy atom. The van der Waals surface area contributed by atoms with E-state index in [1.54, 1.807) is 6.07 Å². The van der Waals surface area contributed by atoms with Crippen LogP contribution < -0.4 is 5.32 Å². The Hall–Kier alpha value is -0.480. The zero-order valence-electron chi connectivity index (χ0n) is 11.0. The molecule has 18 heavy (non-hydrogen) atoms. The second-order valence-electron chi connectivity index (χ2n) is 6.01. The van der Waals surface area contributed by atoms with Crippen molar-refractivity contribution in [3.05, 3.63) is 28.2 Å². The molecule has 0 unspecified atom stereocenters. The third kappa shape index (κ3) is 2.10. The van der Waals surface area contributed by atoms with Gasteiger partial charge in [0, 0.05) is 15.4 Å². The van der Waals surface area contributed by atoms with Crippen LogP contribution in [-0.2, 0) is 0 Å². The third-order valence-corrected chi connectivity index (χ3v) is 5.36. The van der Waals surface area contributed by atoms with Gasteiger partial charge in [-0.2, -0.15) is 0 Å². The van der Waals surface area contributed by atoms with Crippen LogP contribution in [0.5, 0.6) is 0 Å². The summed E-state index contributed by atoms with van der Waals surface area (Å²) in [7, 11) is 0. The summed E-state index contributed by atoms with van der Waals surface area (Å²) in [4.78, 5) is 12.9. The van der Waals surface area contributed by atoms with Crippen LogP contribution in [0, 0.1) is 10.8 Å². The van der Waals surface area contributed by atoms with Crippen LogP contribution in [0.1, 0.15) is 38.1 Å². The van der Waals surface area contributed by atoms with E-state index < -0.39 is 0 Å². The van der Waals surface area contributed by atoms with E-state index in [1.807, 2.05) is 12.1 Å². The molecule has 1 aromatic rings. The molecule has 0 atom stereocenters. The first-order chi connectivity index (χ1) is 8.18. The van der Waals surface area contributed by atoms with E-state index >= 15 is 0 Å². The fourth-order valence-corrected chi connectivity index (χ4v) is 3.32. The molecule has 0 saturated heterocycles. The third-order valence-electron chi connectivity index (χ3n) is 4.50. The second-order valence-corrected chi connectivity index (χ2v) is 7.41. The molecule has 0 aromatic heterocycles. The number of nitrogens with one attached hydrogen (secondary N) is 1. The lowest BCUT2D eigenvalue weighted by Crippen LogP contribution is -2.30. The number of thiol groups is 1. The molecule has 1 amide bonds. The van der Waals surface area contributed by atoms with Gasteiger partial charge in [0.1, 0.15) is 0 Å². The number of hydrogen-bond acceptors (Lipinski definition) is 2. The second kappa shape index (κ2) is 4.27. The van der Waals surface area contributed by atoms with Crippen LogP contribution in [0.4, 0.5) is 0 Å². The molecule has 2 rings (SSSR count). The largest absolute Gasteiger partial charge is 0.348 e. The Bertz CT molecular complexity index is 497. The van der Waals surface area contributed by atoms with E-state index in [9.17, 15) is 4.79 Å². The van der Waals surface area contributed by atoms with Crippen molar-refractivity contribution in [1.82, 2.24) is 5.32 Å². The van der Waals surface area contributed by atoms with Gasteiger partial charge in [-0.25, -0.2) is 0 Å². The first-order valence-corrected chi connectivity index (χ1v) is 7.21. The molecular formula is C14H18BrNOS. The first kappa shape index (κ1) is 13.9. The maximum atomic E-state index is 12.2. The zero-order chi connectivity index (χ0) is 13.7. The lowest BCUT2D eigenvalue weighted by atomic mass is 10.0. The van der Waals surface area contributed by atoms with Crippen LogP contribution in [0.15, 0.2) is 27.6 Å². The fourth-order valence-electron chi connectivity index (χ4n) is 2.46. The molecule has 0 heterocycles. The van der Waals surface area contributed by atoms with Crippen LogP contribution in [-0.4, -0.2) is 11.9 Å². The number of benzene rings is 1. The topological polar surface area (TPSA) is 29.1 Å². The van der Waals surface area contributed by atoms with Gasteiger partial charge in [0.05, 0.1) is 5.56 Å². The van der Waals surface area contributed by atoms with E-state index in [1.165, 1.54) is 0 Å². The van der Waals surface area contributed by atoms with Crippen molar-refractivity contribution in [2.75, 3.05) is 0 Å². The summed E-state index contributed by atoms with van der Waals surface area (Å²) >= 11 is 7.71. The van der Waals surface area contributed by atoms with Gasteiger partial charge in [0.25, 0.3) is 5.91 Å². The highest BCUT2D eigenvalue weighted by atomic mass is 79.9. The number of carbonyl (C=O) groups excluding carboxylic acids is 1. The van der Waals surface area contributed by atoms with Crippen LogP contribution in [0.3, 0.4) is 0 Å². The van der Waals surface area contributed by atoms with E-state index in [2.05, 4.69) is 61.6 Å². The van der Waals surface area contributed by atoms with Gasteiger partial charge < -0.3 is 5.32 Å². The van der Waals surface area contributed by atoms with Gasteiger partial charge in [-0.15, -0.1) is 12.6 Å². The van der Waals surface area contributed by atoms with Gasteiger partial charge in [-0.1, -0.05) is 43.6 Å². The SMILES string of the molecule is CC1(C)C(NC(=O)c2ccc(Br)cc2S)C1(C)C. The summed E-state index contributed by atoms with van der Waals surface area (Å²) < 4.78 is 0.927. The minimum absolute atomic E-state index is 0.0452. The summed E-state index contributed by atoms with van der Waals surface area (Å²) in [5, 5.41) is 3.11. The summed E-state index contributed by atoms with van der Waals surface area (Å²) in [6, 6.07) is 5.71. The van der Waals surface area contributed by atoms with Crippen molar-refractivity contribution >= 4 is 34.5 Å². The van der Waals surface area contributed by atoms with Crippen molar-refractivity contribution in [2.24, 2.45) is 10.8 Å². The number of carbonyl (C=O) groups is 1. The van der Waals surface area contributed by atoms with Crippen LogP contribution in [0.2, 0.25) is 0 Å². The molecule has 1 aliphatic carbocycles. The molecule has 0 bridgehead atoms. The minimum Gasteiger partial charge on any atom is -0.348 e. The number of hydrogen-bond donors (Lipinski definition) is 2. The molecule has 2 nitrogen and oxygen atoms in total. The molecule has 98 valence electrons. The predicted molar refractivity (Wildman–Crippen MR) is 80.2 cm³/mol. The molecular weight excluding hydrogens is 310 g/mol. The molecule has 1 N–H and O–H groups in total. The van der Waals surface area contributed by atoms with Crippen molar-refractivity contribution in [2.45, 2.75) is 38.6 Å². The Morgan fingerprint density at radius 3 is 2.28 bits per heavy atom. The monoisotopic (exact) mass is 327 g/mol. The quantitative estimate of drug-likeness (QED) is 0.792. The van der Waals surface area contributed by atoms with Crippen LogP contribution >= 0.6 is 28.6 Å².